The monoisotopic (exact) mass is 274 g/mol. The minimum Gasteiger partial charge on any atom is -0.464 e. The van der Waals surface area contributed by atoms with Gasteiger partial charge in [0.1, 0.15) is 5.58 Å². The number of furan rings is 1. The van der Waals surface area contributed by atoms with Gasteiger partial charge >= 0.3 is 0 Å². The Balaban J connectivity index is 2.30. The third kappa shape index (κ3) is 3.02. The first-order valence-corrected chi connectivity index (χ1v) is 7.00. The minimum absolute atomic E-state index is 0.0233. The molecule has 0 saturated heterocycles. The smallest absolute Gasteiger partial charge is 0.224 e. The summed E-state index contributed by atoms with van der Waals surface area (Å²) in [6, 6.07) is 4.19. The molecule has 0 aliphatic rings. The van der Waals surface area contributed by atoms with Crippen LogP contribution in [-0.4, -0.2) is 19.0 Å². The van der Waals surface area contributed by atoms with Gasteiger partial charge in [0.2, 0.25) is 5.91 Å². The van der Waals surface area contributed by atoms with Crippen molar-refractivity contribution in [3.63, 3.8) is 0 Å². The van der Waals surface area contributed by atoms with Gasteiger partial charge in [-0.2, -0.15) is 0 Å². The average Bonchev–Trinajstić information content (AvgIpc) is 2.77. The van der Waals surface area contributed by atoms with Crippen LogP contribution in [0, 0.1) is 6.92 Å². The number of amides is 1. The topological polar surface area (TPSA) is 68.3 Å². The predicted molar refractivity (Wildman–Crippen MR) is 80.8 cm³/mol. The fourth-order valence-corrected chi connectivity index (χ4v) is 2.45. The van der Waals surface area contributed by atoms with Crippen molar-refractivity contribution in [3.8, 4) is 0 Å². The molecule has 2 aromatic rings. The highest BCUT2D eigenvalue weighted by Crippen LogP contribution is 2.29. The van der Waals surface area contributed by atoms with Crippen molar-refractivity contribution in [2.45, 2.75) is 33.1 Å². The van der Waals surface area contributed by atoms with Gasteiger partial charge in [-0.05, 0) is 36.1 Å². The van der Waals surface area contributed by atoms with Crippen LogP contribution in [0.3, 0.4) is 0 Å². The Hall–Kier alpha value is -1.81. The second-order valence-corrected chi connectivity index (χ2v) is 5.44. The van der Waals surface area contributed by atoms with E-state index in [-0.39, 0.29) is 5.91 Å². The van der Waals surface area contributed by atoms with E-state index in [1.165, 1.54) is 11.1 Å². The maximum atomic E-state index is 11.8. The zero-order chi connectivity index (χ0) is 14.7. The van der Waals surface area contributed by atoms with Gasteiger partial charge in [-0.1, -0.05) is 13.8 Å². The van der Waals surface area contributed by atoms with E-state index in [0.717, 1.165) is 16.5 Å². The summed E-state index contributed by atoms with van der Waals surface area (Å²) in [5, 5.41) is 3.81. The molecule has 20 heavy (non-hydrogen) atoms. The Bertz CT molecular complexity index is 614. The third-order valence-electron chi connectivity index (χ3n) is 3.48. The number of hydrogen-bond acceptors (Lipinski definition) is 3. The summed E-state index contributed by atoms with van der Waals surface area (Å²) >= 11 is 0. The molecule has 0 atom stereocenters. The molecule has 0 radical (unpaired) electrons. The maximum absolute atomic E-state index is 11.8. The molecule has 108 valence electrons. The Morgan fingerprint density at radius 3 is 2.80 bits per heavy atom. The van der Waals surface area contributed by atoms with Crippen molar-refractivity contribution in [1.29, 1.82) is 0 Å². The summed E-state index contributed by atoms with van der Waals surface area (Å²) in [5.74, 6) is 0.429. The van der Waals surface area contributed by atoms with Crippen molar-refractivity contribution >= 4 is 16.9 Å². The van der Waals surface area contributed by atoms with Crippen molar-refractivity contribution in [2.24, 2.45) is 5.73 Å². The minimum atomic E-state index is -0.0233. The quantitative estimate of drug-likeness (QED) is 0.880. The molecule has 1 aromatic carbocycles. The molecule has 0 aliphatic heterocycles. The molecule has 4 nitrogen and oxygen atoms in total. The number of rotatable bonds is 5. The van der Waals surface area contributed by atoms with E-state index >= 15 is 0 Å². The molecule has 1 heterocycles. The van der Waals surface area contributed by atoms with Crippen molar-refractivity contribution in [1.82, 2.24) is 5.32 Å². The van der Waals surface area contributed by atoms with Gasteiger partial charge < -0.3 is 15.5 Å². The first kappa shape index (κ1) is 14.6. The molecule has 2 rings (SSSR count). The first-order valence-electron chi connectivity index (χ1n) is 7.00. The van der Waals surface area contributed by atoms with Gasteiger partial charge in [0.05, 0.1) is 12.7 Å². The lowest BCUT2D eigenvalue weighted by Gasteiger charge is -2.10. The van der Waals surface area contributed by atoms with Crippen LogP contribution in [0.2, 0.25) is 0 Å². The molecule has 1 amide bonds. The van der Waals surface area contributed by atoms with Gasteiger partial charge in [-0.15, -0.1) is 0 Å². The lowest BCUT2D eigenvalue weighted by atomic mass is 9.95. The number of carbonyl (C=O) groups is 1. The van der Waals surface area contributed by atoms with Crippen molar-refractivity contribution in [3.05, 3.63) is 35.1 Å². The van der Waals surface area contributed by atoms with E-state index in [0.29, 0.717) is 25.4 Å². The zero-order valence-electron chi connectivity index (χ0n) is 12.3. The number of nitrogens with two attached hydrogens (primary N) is 1. The molecule has 1 aromatic heterocycles. The lowest BCUT2D eigenvalue weighted by Crippen LogP contribution is -2.30. The van der Waals surface area contributed by atoms with E-state index in [1.807, 2.05) is 6.07 Å². The molecule has 4 heteroatoms. The highest BCUT2D eigenvalue weighted by molar-refractivity contribution is 5.88. The molecule has 0 fully saturated rings. The molecule has 3 N–H and O–H groups in total. The van der Waals surface area contributed by atoms with Crippen LogP contribution in [0.15, 0.2) is 22.8 Å². The fourth-order valence-electron chi connectivity index (χ4n) is 2.45. The number of hydrogen-bond donors (Lipinski definition) is 2. The zero-order valence-corrected chi connectivity index (χ0v) is 12.3. The number of carbonyl (C=O) groups excluding carboxylic acids is 1. The summed E-state index contributed by atoms with van der Waals surface area (Å²) in [6.07, 6.45) is 2.00. The maximum Gasteiger partial charge on any atom is 0.224 e. The van der Waals surface area contributed by atoms with Crippen LogP contribution in [0.4, 0.5) is 0 Å². The molecule has 0 spiro atoms. The number of nitrogens with one attached hydrogen (secondary N) is 1. The van der Waals surface area contributed by atoms with Gasteiger partial charge in [0.15, 0.2) is 0 Å². The lowest BCUT2D eigenvalue weighted by molar-refractivity contribution is -0.120. The second kappa shape index (κ2) is 6.09. The van der Waals surface area contributed by atoms with Crippen LogP contribution < -0.4 is 11.1 Å². The first-order chi connectivity index (χ1) is 9.52. The van der Waals surface area contributed by atoms with E-state index < -0.39 is 0 Å². The van der Waals surface area contributed by atoms with Crippen molar-refractivity contribution in [2.75, 3.05) is 13.1 Å². The number of aryl methyl sites for hydroxylation is 1. The summed E-state index contributed by atoms with van der Waals surface area (Å²) in [6.45, 7) is 7.38. The summed E-state index contributed by atoms with van der Waals surface area (Å²) < 4.78 is 5.57. The van der Waals surface area contributed by atoms with E-state index in [4.69, 9.17) is 10.2 Å². The summed E-state index contributed by atoms with van der Waals surface area (Å²) in [5.41, 5.74) is 9.66. The Labute approximate surface area is 119 Å². The van der Waals surface area contributed by atoms with Crippen LogP contribution in [-0.2, 0) is 11.2 Å². The fraction of sp³-hybridized carbons (Fsp3) is 0.438. The SMILES string of the molecule is Cc1cc2occ(CC(=O)NCCN)c2cc1C(C)C. The summed E-state index contributed by atoms with van der Waals surface area (Å²) in [4.78, 5) is 11.8. The van der Waals surface area contributed by atoms with E-state index in [2.05, 4.69) is 32.2 Å². The molecule has 0 unspecified atom stereocenters. The molecule has 0 aliphatic carbocycles. The number of benzene rings is 1. The summed E-state index contributed by atoms with van der Waals surface area (Å²) in [7, 11) is 0. The van der Waals surface area contributed by atoms with Crippen LogP contribution in [0.25, 0.3) is 11.0 Å². The average molecular weight is 274 g/mol. The van der Waals surface area contributed by atoms with Gasteiger partial charge in [-0.25, -0.2) is 0 Å². The van der Waals surface area contributed by atoms with Crippen LogP contribution >= 0.6 is 0 Å². The molecular weight excluding hydrogens is 252 g/mol. The van der Waals surface area contributed by atoms with E-state index in [9.17, 15) is 4.79 Å². The molecule has 0 saturated carbocycles. The van der Waals surface area contributed by atoms with Gasteiger partial charge in [0, 0.05) is 24.0 Å². The van der Waals surface area contributed by atoms with E-state index in [1.54, 1.807) is 6.26 Å². The highest BCUT2D eigenvalue weighted by atomic mass is 16.3. The Kier molecular flexibility index (Phi) is 4.45. The van der Waals surface area contributed by atoms with Crippen LogP contribution in [0.5, 0.6) is 0 Å². The molecule has 0 bridgehead atoms. The Morgan fingerprint density at radius 1 is 1.40 bits per heavy atom. The molecular formula is C16H22N2O2. The van der Waals surface area contributed by atoms with Gasteiger partial charge in [-0.3, -0.25) is 4.79 Å². The Morgan fingerprint density at radius 2 is 2.15 bits per heavy atom. The largest absolute Gasteiger partial charge is 0.464 e. The highest BCUT2D eigenvalue weighted by Gasteiger charge is 2.13. The van der Waals surface area contributed by atoms with Crippen molar-refractivity contribution < 1.29 is 9.21 Å². The van der Waals surface area contributed by atoms with Crippen LogP contribution in [0.1, 0.15) is 36.5 Å². The normalized spacial score (nSPS) is 11.2. The second-order valence-electron chi connectivity index (χ2n) is 5.44. The predicted octanol–water partition coefficient (Wildman–Crippen LogP) is 2.48. The third-order valence-corrected chi connectivity index (χ3v) is 3.48. The standard InChI is InChI=1S/C16H22N2O2/c1-10(2)13-8-14-12(7-16(19)18-5-4-17)9-20-15(14)6-11(13)3/h6,8-10H,4-5,7,17H2,1-3H3,(H,18,19). The van der Waals surface area contributed by atoms with Gasteiger partial charge in [0.25, 0.3) is 0 Å². The number of fused-ring (bicyclic) bond motifs is 1.